The maximum Gasteiger partial charge on any atom is 0.161 e. The molecule has 0 amide bonds. The fourth-order valence-corrected chi connectivity index (χ4v) is 4.99. The molecule has 0 bridgehead atoms. The molecule has 0 radical (unpaired) electrons. The summed E-state index contributed by atoms with van der Waals surface area (Å²) in [5, 5.41) is 22.2. The Hall–Kier alpha value is -3.27. The molecule has 0 unspecified atom stereocenters. The maximum atomic E-state index is 11.1. The Kier molecular flexibility index (Phi) is 5.96. The first-order chi connectivity index (χ1) is 15.5. The number of hydrogen-bond donors (Lipinski definition) is 1. The number of nitriles is 1. The van der Waals surface area contributed by atoms with Gasteiger partial charge in [0.2, 0.25) is 0 Å². The van der Waals surface area contributed by atoms with E-state index in [-0.39, 0.29) is 5.75 Å². The van der Waals surface area contributed by atoms with Crippen molar-refractivity contribution in [1.82, 2.24) is 0 Å². The summed E-state index contributed by atoms with van der Waals surface area (Å²) in [6, 6.07) is 13.6. The van der Waals surface area contributed by atoms with E-state index < -0.39 is 5.41 Å². The molecule has 1 aliphatic rings. The van der Waals surface area contributed by atoms with Gasteiger partial charge in [0.15, 0.2) is 11.5 Å². The minimum absolute atomic E-state index is 0.173. The SMILES string of the molecule is COCCC1(CCOC)c2cc(C#N)ccc2-c2c1cc(O)c1cc(OC)c(OC)cc21. The van der Waals surface area contributed by atoms with E-state index in [0.717, 1.165) is 27.6 Å². The molecule has 1 N–H and O–H groups in total. The summed E-state index contributed by atoms with van der Waals surface area (Å²) in [6.45, 7) is 1.06. The lowest BCUT2D eigenvalue weighted by atomic mass is 9.72. The second kappa shape index (κ2) is 8.70. The van der Waals surface area contributed by atoms with E-state index >= 15 is 0 Å². The Balaban J connectivity index is 2.12. The summed E-state index contributed by atoms with van der Waals surface area (Å²) >= 11 is 0. The summed E-state index contributed by atoms with van der Waals surface area (Å²) in [4.78, 5) is 0. The molecule has 166 valence electrons. The van der Waals surface area contributed by atoms with Gasteiger partial charge in [0.05, 0.1) is 25.9 Å². The van der Waals surface area contributed by atoms with E-state index in [0.29, 0.717) is 48.5 Å². The van der Waals surface area contributed by atoms with Gasteiger partial charge in [-0.3, -0.25) is 0 Å². The van der Waals surface area contributed by atoms with Gasteiger partial charge < -0.3 is 24.1 Å². The summed E-state index contributed by atoms with van der Waals surface area (Å²) < 4.78 is 22.0. The Morgan fingerprint density at radius 2 is 1.47 bits per heavy atom. The monoisotopic (exact) mass is 433 g/mol. The molecule has 32 heavy (non-hydrogen) atoms. The molecule has 3 aromatic rings. The van der Waals surface area contributed by atoms with Crippen LogP contribution in [0.5, 0.6) is 17.2 Å². The van der Waals surface area contributed by atoms with Crippen LogP contribution in [0.4, 0.5) is 0 Å². The van der Waals surface area contributed by atoms with Crippen LogP contribution < -0.4 is 9.47 Å². The molecular formula is C26H27NO5. The number of methoxy groups -OCH3 is 4. The first-order valence-electron chi connectivity index (χ1n) is 10.5. The first kappa shape index (κ1) is 21.9. The first-order valence-corrected chi connectivity index (χ1v) is 10.5. The minimum atomic E-state index is -0.456. The molecular weight excluding hydrogens is 406 g/mol. The van der Waals surface area contributed by atoms with E-state index in [1.165, 1.54) is 0 Å². The molecule has 1 aliphatic carbocycles. The molecule has 0 spiro atoms. The molecule has 4 rings (SSSR count). The minimum Gasteiger partial charge on any atom is -0.507 e. The average Bonchev–Trinajstić information content (AvgIpc) is 3.09. The highest BCUT2D eigenvalue weighted by Crippen LogP contribution is 2.57. The van der Waals surface area contributed by atoms with Gasteiger partial charge in [-0.2, -0.15) is 5.26 Å². The number of hydrogen-bond acceptors (Lipinski definition) is 6. The Labute approximate surface area is 187 Å². The Morgan fingerprint density at radius 1 is 0.844 bits per heavy atom. The Morgan fingerprint density at radius 3 is 2.03 bits per heavy atom. The topological polar surface area (TPSA) is 80.9 Å². The molecule has 0 atom stereocenters. The molecule has 0 heterocycles. The zero-order valence-corrected chi connectivity index (χ0v) is 18.8. The van der Waals surface area contributed by atoms with E-state index in [1.807, 2.05) is 30.3 Å². The van der Waals surface area contributed by atoms with Crippen LogP contribution in [0.1, 0.15) is 29.5 Å². The van der Waals surface area contributed by atoms with Crippen LogP contribution in [0, 0.1) is 11.3 Å². The van der Waals surface area contributed by atoms with Gasteiger partial charge in [-0.05, 0) is 70.8 Å². The predicted molar refractivity (Wildman–Crippen MR) is 123 cm³/mol. The summed E-state index contributed by atoms with van der Waals surface area (Å²) in [5.41, 5.74) is 4.29. The lowest BCUT2D eigenvalue weighted by Crippen LogP contribution is -2.29. The number of benzene rings is 3. The van der Waals surface area contributed by atoms with Crippen molar-refractivity contribution in [2.45, 2.75) is 18.3 Å². The number of ether oxygens (including phenoxy) is 4. The molecule has 6 heteroatoms. The summed E-state index contributed by atoms with van der Waals surface area (Å²) in [5.74, 6) is 1.32. The summed E-state index contributed by atoms with van der Waals surface area (Å²) in [7, 11) is 6.54. The lowest BCUT2D eigenvalue weighted by molar-refractivity contribution is 0.145. The van der Waals surface area contributed by atoms with E-state index in [9.17, 15) is 10.4 Å². The van der Waals surface area contributed by atoms with Crippen molar-refractivity contribution in [2.24, 2.45) is 0 Å². The second-order valence-electron chi connectivity index (χ2n) is 8.01. The quantitative estimate of drug-likeness (QED) is 0.551. The highest BCUT2D eigenvalue weighted by atomic mass is 16.5. The van der Waals surface area contributed by atoms with Crippen molar-refractivity contribution in [3.8, 4) is 34.4 Å². The number of fused-ring (bicyclic) bond motifs is 5. The van der Waals surface area contributed by atoms with Crippen LogP contribution in [-0.2, 0) is 14.9 Å². The molecule has 6 nitrogen and oxygen atoms in total. The largest absolute Gasteiger partial charge is 0.507 e. The van der Waals surface area contributed by atoms with E-state index in [4.69, 9.17) is 18.9 Å². The third-order valence-corrected chi connectivity index (χ3v) is 6.53. The molecule has 0 aromatic heterocycles. The number of aromatic hydroxyl groups is 1. The third-order valence-electron chi connectivity index (χ3n) is 6.53. The van der Waals surface area contributed by atoms with Crippen molar-refractivity contribution >= 4 is 10.8 Å². The second-order valence-corrected chi connectivity index (χ2v) is 8.01. The van der Waals surface area contributed by atoms with Gasteiger partial charge in [0, 0.05) is 38.2 Å². The highest BCUT2D eigenvalue weighted by Gasteiger charge is 2.44. The zero-order valence-electron chi connectivity index (χ0n) is 18.8. The number of phenolic OH excluding ortho intramolecular Hbond substituents is 1. The van der Waals surface area contributed by atoms with Crippen LogP contribution in [-0.4, -0.2) is 46.8 Å². The molecule has 0 saturated heterocycles. The molecule has 3 aromatic carbocycles. The number of phenols is 1. The van der Waals surface area contributed by atoms with Crippen LogP contribution in [0.2, 0.25) is 0 Å². The van der Waals surface area contributed by atoms with Crippen LogP contribution in [0.15, 0.2) is 36.4 Å². The van der Waals surface area contributed by atoms with Crippen molar-refractivity contribution in [3.63, 3.8) is 0 Å². The van der Waals surface area contributed by atoms with Crippen molar-refractivity contribution in [3.05, 3.63) is 53.1 Å². The number of nitrogens with zero attached hydrogens (tertiary/aromatic N) is 1. The van der Waals surface area contributed by atoms with E-state index in [2.05, 4.69) is 6.07 Å². The predicted octanol–water partition coefficient (Wildman–Crippen LogP) is 4.77. The van der Waals surface area contributed by atoms with Gasteiger partial charge in [0.25, 0.3) is 0 Å². The van der Waals surface area contributed by atoms with Crippen molar-refractivity contribution in [1.29, 1.82) is 5.26 Å². The molecule has 0 saturated carbocycles. The van der Waals surface area contributed by atoms with Crippen LogP contribution in [0.3, 0.4) is 0 Å². The van der Waals surface area contributed by atoms with Crippen LogP contribution >= 0.6 is 0 Å². The fourth-order valence-electron chi connectivity index (χ4n) is 4.99. The highest BCUT2D eigenvalue weighted by molar-refractivity contribution is 6.06. The smallest absolute Gasteiger partial charge is 0.161 e. The lowest BCUT2D eigenvalue weighted by Gasteiger charge is -2.32. The Bertz CT molecular complexity index is 1200. The van der Waals surface area contributed by atoms with Gasteiger partial charge in [-0.15, -0.1) is 0 Å². The van der Waals surface area contributed by atoms with Gasteiger partial charge in [-0.25, -0.2) is 0 Å². The fraction of sp³-hybridized carbons (Fsp3) is 0.346. The number of rotatable bonds is 8. The standard InChI is InChI=1S/C26H27NO5/c1-29-9-7-26(8-10-30-2)20-11-16(15-27)5-6-17(20)25-19-13-24(32-4)23(31-3)12-18(19)22(28)14-21(25)26/h5-6,11-14,28H,7-10H2,1-4H3. The van der Waals surface area contributed by atoms with Crippen LogP contribution in [0.25, 0.3) is 21.9 Å². The van der Waals surface area contributed by atoms with Gasteiger partial charge in [0.1, 0.15) is 5.75 Å². The molecule has 0 aliphatic heterocycles. The average molecular weight is 434 g/mol. The third kappa shape index (κ3) is 3.26. The van der Waals surface area contributed by atoms with Gasteiger partial charge in [-0.1, -0.05) is 6.07 Å². The normalized spacial score (nSPS) is 13.5. The summed E-state index contributed by atoms with van der Waals surface area (Å²) in [6.07, 6.45) is 1.39. The molecule has 0 fully saturated rings. The van der Waals surface area contributed by atoms with Crippen molar-refractivity contribution in [2.75, 3.05) is 41.7 Å². The maximum absolute atomic E-state index is 11.1. The van der Waals surface area contributed by atoms with E-state index in [1.54, 1.807) is 34.5 Å². The zero-order chi connectivity index (χ0) is 22.9. The van der Waals surface area contributed by atoms with Gasteiger partial charge >= 0.3 is 0 Å². The van der Waals surface area contributed by atoms with Crippen molar-refractivity contribution < 1.29 is 24.1 Å².